The molecule has 0 aliphatic carbocycles. The van der Waals surface area contributed by atoms with Gasteiger partial charge in [-0.1, -0.05) is 47.5 Å². The third-order valence-electron chi connectivity index (χ3n) is 4.67. The Morgan fingerprint density at radius 1 is 1.08 bits per heavy atom. The highest BCUT2D eigenvalue weighted by Gasteiger charge is 2.30. The number of sulfonamides is 1. The van der Waals surface area contributed by atoms with Crippen LogP contribution >= 0.6 is 0 Å². The quantitative estimate of drug-likeness (QED) is 0.796. The summed E-state index contributed by atoms with van der Waals surface area (Å²) in [5.41, 5.74) is 4.66. The van der Waals surface area contributed by atoms with E-state index >= 15 is 0 Å². The molecule has 3 rings (SSSR count). The van der Waals surface area contributed by atoms with Gasteiger partial charge in [-0.25, -0.2) is 8.42 Å². The first-order valence-corrected chi connectivity index (χ1v) is 9.64. The molecule has 3 nitrogen and oxygen atoms in total. The van der Waals surface area contributed by atoms with Gasteiger partial charge in [-0.05, 0) is 43.5 Å². The lowest BCUT2D eigenvalue weighted by molar-refractivity contribution is 0.415. The second-order valence-electron chi connectivity index (χ2n) is 6.47. The van der Waals surface area contributed by atoms with Gasteiger partial charge in [-0.2, -0.15) is 4.31 Å². The molecule has 0 amide bonds. The van der Waals surface area contributed by atoms with Gasteiger partial charge in [0.05, 0.1) is 4.90 Å². The van der Waals surface area contributed by atoms with Crippen LogP contribution in [0.15, 0.2) is 60.0 Å². The summed E-state index contributed by atoms with van der Waals surface area (Å²) >= 11 is 0. The molecule has 0 unspecified atom stereocenters. The molecule has 126 valence electrons. The third kappa shape index (κ3) is 3.17. The highest BCUT2D eigenvalue weighted by molar-refractivity contribution is 7.89. The van der Waals surface area contributed by atoms with Crippen LogP contribution in [-0.2, 0) is 16.4 Å². The van der Waals surface area contributed by atoms with Gasteiger partial charge in [-0.3, -0.25) is 0 Å². The predicted molar refractivity (Wildman–Crippen MR) is 97.8 cm³/mol. The molecule has 0 spiro atoms. The molecule has 1 aliphatic heterocycles. The number of nitrogens with zero attached hydrogens (tertiary/aromatic N) is 1. The fourth-order valence-corrected chi connectivity index (χ4v) is 4.69. The molecule has 0 radical (unpaired) electrons. The Morgan fingerprint density at radius 2 is 1.75 bits per heavy atom. The Morgan fingerprint density at radius 3 is 2.42 bits per heavy atom. The number of fused-ring (bicyclic) bond motifs is 1. The molecule has 1 atom stereocenters. The van der Waals surface area contributed by atoms with Gasteiger partial charge in [-0.15, -0.1) is 6.58 Å². The van der Waals surface area contributed by atoms with Gasteiger partial charge in [0, 0.05) is 19.0 Å². The van der Waals surface area contributed by atoms with Crippen molar-refractivity contribution in [3.05, 3.63) is 77.4 Å². The van der Waals surface area contributed by atoms with Crippen LogP contribution in [0.4, 0.5) is 0 Å². The van der Waals surface area contributed by atoms with Gasteiger partial charge in [0.25, 0.3) is 0 Å². The molecule has 0 N–H and O–H groups in total. The van der Waals surface area contributed by atoms with E-state index in [1.807, 2.05) is 25.1 Å². The average Bonchev–Trinajstić information content (AvgIpc) is 2.74. The molecule has 0 aromatic heterocycles. The monoisotopic (exact) mass is 341 g/mol. The highest BCUT2D eigenvalue weighted by atomic mass is 32.2. The zero-order valence-corrected chi connectivity index (χ0v) is 15.0. The summed E-state index contributed by atoms with van der Waals surface area (Å²) in [7, 11) is -3.49. The van der Waals surface area contributed by atoms with E-state index in [9.17, 15) is 8.42 Å². The normalized spacial score (nSPS) is 18.7. The Labute approximate surface area is 144 Å². The fourth-order valence-electron chi connectivity index (χ4n) is 3.22. The second-order valence-corrected chi connectivity index (χ2v) is 8.41. The van der Waals surface area contributed by atoms with Gasteiger partial charge in [0.15, 0.2) is 0 Å². The molecule has 4 heteroatoms. The molecule has 2 aromatic carbocycles. The number of benzene rings is 2. The first-order chi connectivity index (χ1) is 11.4. The lowest BCUT2D eigenvalue weighted by Crippen LogP contribution is -2.34. The zero-order valence-electron chi connectivity index (χ0n) is 14.2. The van der Waals surface area contributed by atoms with Crippen molar-refractivity contribution in [2.45, 2.75) is 31.1 Å². The summed E-state index contributed by atoms with van der Waals surface area (Å²) in [5.74, 6) is 0.0163. The van der Waals surface area contributed by atoms with Crippen LogP contribution in [0.2, 0.25) is 0 Å². The zero-order chi connectivity index (χ0) is 17.3. The molecule has 0 saturated carbocycles. The van der Waals surface area contributed by atoms with Gasteiger partial charge < -0.3 is 0 Å². The highest BCUT2D eigenvalue weighted by Crippen LogP contribution is 2.30. The minimum atomic E-state index is -3.49. The summed E-state index contributed by atoms with van der Waals surface area (Å²) in [4.78, 5) is 0.359. The van der Waals surface area contributed by atoms with Gasteiger partial charge in [0.1, 0.15) is 0 Å². The molecule has 2 aromatic rings. The van der Waals surface area contributed by atoms with E-state index in [0.29, 0.717) is 18.0 Å². The summed E-state index contributed by atoms with van der Waals surface area (Å²) in [6.45, 7) is 8.89. The molecule has 0 bridgehead atoms. The van der Waals surface area contributed by atoms with E-state index < -0.39 is 10.0 Å². The Hall–Kier alpha value is -1.91. The van der Waals surface area contributed by atoms with Crippen LogP contribution in [0.1, 0.15) is 28.2 Å². The Kier molecular flexibility index (Phi) is 4.61. The molecule has 1 heterocycles. The number of hydrogen-bond donors (Lipinski definition) is 0. The van der Waals surface area contributed by atoms with Crippen molar-refractivity contribution in [1.82, 2.24) is 4.31 Å². The Balaban J connectivity index is 1.97. The van der Waals surface area contributed by atoms with Crippen molar-refractivity contribution in [2.75, 3.05) is 13.1 Å². The first kappa shape index (κ1) is 16.9. The summed E-state index contributed by atoms with van der Waals surface area (Å²) in [6, 6.07) is 13.4. The minimum absolute atomic E-state index is 0.0163. The van der Waals surface area contributed by atoms with E-state index in [1.165, 1.54) is 16.7 Å². The lowest BCUT2D eigenvalue weighted by atomic mass is 9.92. The van der Waals surface area contributed by atoms with Crippen LogP contribution < -0.4 is 0 Å². The van der Waals surface area contributed by atoms with Crippen LogP contribution in [0.5, 0.6) is 0 Å². The molecule has 1 aliphatic rings. The van der Waals surface area contributed by atoms with E-state index in [1.54, 1.807) is 16.4 Å². The van der Waals surface area contributed by atoms with Crippen molar-refractivity contribution >= 4 is 10.0 Å². The van der Waals surface area contributed by atoms with Crippen LogP contribution in [0, 0.1) is 13.8 Å². The largest absolute Gasteiger partial charge is 0.243 e. The van der Waals surface area contributed by atoms with Gasteiger partial charge >= 0.3 is 0 Å². The van der Waals surface area contributed by atoms with Crippen molar-refractivity contribution in [1.29, 1.82) is 0 Å². The fraction of sp³-hybridized carbons (Fsp3) is 0.300. The predicted octanol–water partition coefficient (Wildman–Crippen LogP) is 3.82. The molecular weight excluding hydrogens is 318 g/mol. The Bertz CT molecular complexity index is 854. The van der Waals surface area contributed by atoms with Crippen LogP contribution in [0.25, 0.3) is 0 Å². The lowest BCUT2D eigenvalue weighted by Gasteiger charge is -2.23. The van der Waals surface area contributed by atoms with Crippen LogP contribution in [-0.4, -0.2) is 25.8 Å². The molecule has 24 heavy (non-hydrogen) atoms. The average molecular weight is 341 g/mol. The number of aryl methyl sites for hydroxylation is 2. The maximum atomic E-state index is 13.0. The van der Waals surface area contributed by atoms with Crippen molar-refractivity contribution in [3.63, 3.8) is 0 Å². The third-order valence-corrected chi connectivity index (χ3v) is 6.55. The first-order valence-electron chi connectivity index (χ1n) is 8.20. The second kappa shape index (κ2) is 6.54. The number of rotatable bonds is 3. The van der Waals surface area contributed by atoms with E-state index in [0.717, 1.165) is 12.0 Å². The van der Waals surface area contributed by atoms with E-state index in [4.69, 9.17) is 0 Å². The standard InChI is InChI=1S/C20H23NO2S/c1-4-17-14-21(12-11-18-8-5-16(3)13-20(17)18)24(22,23)19-9-6-15(2)7-10-19/h4-10,13,17H,1,11-12,14H2,2-3H3/t17-/m1/s1. The maximum Gasteiger partial charge on any atom is 0.243 e. The van der Waals surface area contributed by atoms with Crippen LogP contribution in [0.3, 0.4) is 0 Å². The van der Waals surface area contributed by atoms with Crippen molar-refractivity contribution in [3.8, 4) is 0 Å². The van der Waals surface area contributed by atoms with Gasteiger partial charge in [0.2, 0.25) is 10.0 Å². The molecule has 0 fully saturated rings. The topological polar surface area (TPSA) is 37.4 Å². The van der Waals surface area contributed by atoms with Crippen molar-refractivity contribution in [2.24, 2.45) is 0 Å². The maximum absolute atomic E-state index is 13.0. The SMILES string of the molecule is C=C[C@@H]1CN(S(=O)(=O)c2ccc(C)cc2)CCc2ccc(C)cc21. The van der Waals surface area contributed by atoms with Crippen molar-refractivity contribution < 1.29 is 8.42 Å². The number of hydrogen-bond acceptors (Lipinski definition) is 2. The molecule has 0 saturated heterocycles. The van der Waals surface area contributed by atoms with E-state index in [-0.39, 0.29) is 5.92 Å². The molecular formula is C20H23NO2S. The summed E-state index contributed by atoms with van der Waals surface area (Å²) in [5, 5.41) is 0. The summed E-state index contributed by atoms with van der Waals surface area (Å²) < 4.78 is 27.6. The minimum Gasteiger partial charge on any atom is -0.207 e. The smallest absolute Gasteiger partial charge is 0.207 e. The summed E-state index contributed by atoms with van der Waals surface area (Å²) in [6.07, 6.45) is 2.59. The van der Waals surface area contributed by atoms with E-state index in [2.05, 4.69) is 31.7 Å².